The van der Waals surface area contributed by atoms with E-state index in [0.29, 0.717) is 17.7 Å². The summed E-state index contributed by atoms with van der Waals surface area (Å²) in [6.07, 6.45) is 3.76. The Hall–Kier alpha value is -1.73. The van der Waals surface area contributed by atoms with Gasteiger partial charge >= 0.3 is 0 Å². The number of carbonyl (C=O) groups excluding carboxylic acids is 1. The van der Waals surface area contributed by atoms with Crippen LogP contribution in [0.25, 0.3) is 0 Å². The van der Waals surface area contributed by atoms with Crippen molar-refractivity contribution < 1.29 is 9.53 Å². The van der Waals surface area contributed by atoms with Crippen LogP contribution in [0, 0.1) is 0 Å². The summed E-state index contributed by atoms with van der Waals surface area (Å²) in [5.74, 6) is 0.392. The van der Waals surface area contributed by atoms with Crippen LogP contribution in [0.2, 0.25) is 0 Å². The molecule has 0 unspecified atom stereocenters. The van der Waals surface area contributed by atoms with Crippen molar-refractivity contribution in [1.29, 1.82) is 0 Å². The molecule has 0 radical (unpaired) electrons. The monoisotopic (exact) mass is 291 g/mol. The Bertz CT molecular complexity index is 486. The Morgan fingerprint density at radius 3 is 2.95 bits per heavy atom. The SMILES string of the molecule is O=C(NC1CC1)c1ccnc(NCCN2CCOCC2)n1. The Labute approximate surface area is 124 Å². The standard InChI is InChI=1S/C14H21N5O2/c20-13(17-11-1-2-11)12-3-4-15-14(18-12)16-5-6-19-7-9-21-10-8-19/h3-4,11H,1-2,5-10H2,(H,17,20)(H,15,16,18). The van der Waals surface area contributed by atoms with Gasteiger partial charge in [0.25, 0.3) is 5.91 Å². The maximum Gasteiger partial charge on any atom is 0.270 e. The molecule has 21 heavy (non-hydrogen) atoms. The quantitative estimate of drug-likeness (QED) is 0.774. The average Bonchev–Trinajstić information content (AvgIpc) is 3.33. The second-order valence-corrected chi connectivity index (χ2v) is 5.39. The molecular formula is C14H21N5O2. The van der Waals surface area contributed by atoms with E-state index in [0.717, 1.165) is 52.2 Å². The number of rotatable bonds is 6. The fourth-order valence-electron chi connectivity index (χ4n) is 2.21. The molecule has 7 heteroatoms. The van der Waals surface area contributed by atoms with Crippen LogP contribution in [0.5, 0.6) is 0 Å². The predicted molar refractivity (Wildman–Crippen MR) is 78.3 cm³/mol. The van der Waals surface area contributed by atoms with Gasteiger partial charge in [-0.25, -0.2) is 9.97 Å². The van der Waals surface area contributed by atoms with Gasteiger partial charge in [-0.15, -0.1) is 0 Å². The van der Waals surface area contributed by atoms with E-state index in [-0.39, 0.29) is 5.91 Å². The van der Waals surface area contributed by atoms with Crippen molar-refractivity contribution in [1.82, 2.24) is 20.2 Å². The van der Waals surface area contributed by atoms with Crippen molar-refractivity contribution in [2.75, 3.05) is 44.7 Å². The third-order valence-electron chi connectivity index (χ3n) is 3.62. The Morgan fingerprint density at radius 2 is 2.19 bits per heavy atom. The molecule has 0 aromatic carbocycles. The summed E-state index contributed by atoms with van der Waals surface area (Å²) in [6.45, 7) is 5.21. The van der Waals surface area contributed by atoms with E-state index in [1.807, 2.05) is 0 Å². The van der Waals surface area contributed by atoms with E-state index in [9.17, 15) is 4.79 Å². The van der Waals surface area contributed by atoms with Gasteiger partial charge in [0.2, 0.25) is 5.95 Å². The first-order chi connectivity index (χ1) is 10.3. The molecule has 0 atom stereocenters. The first kappa shape index (κ1) is 14.2. The van der Waals surface area contributed by atoms with E-state index in [2.05, 4.69) is 25.5 Å². The number of ether oxygens (including phenoxy) is 1. The molecule has 3 rings (SSSR count). The maximum absolute atomic E-state index is 11.9. The lowest BCUT2D eigenvalue weighted by atomic mass is 10.4. The molecule has 0 spiro atoms. The summed E-state index contributed by atoms with van der Waals surface area (Å²) in [6, 6.07) is 1.98. The first-order valence-electron chi connectivity index (χ1n) is 7.49. The summed E-state index contributed by atoms with van der Waals surface area (Å²) in [4.78, 5) is 22.7. The van der Waals surface area contributed by atoms with Gasteiger partial charge in [-0.05, 0) is 18.9 Å². The molecule has 114 valence electrons. The highest BCUT2D eigenvalue weighted by Gasteiger charge is 2.24. The van der Waals surface area contributed by atoms with Gasteiger partial charge < -0.3 is 15.4 Å². The topological polar surface area (TPSA) is 79.4 Å². The van der Waals surface area contributed by atoms with Gasteiger partial charge in [0.1, 0.15) is 5.69 Å². The second kappa shape index (κ2) is 6.82. The highest BCUT2D eigenvalue weighted by molar-refractivity contribution is 5.92. The molecule has 1 aromatic heterocycles. The molecular weight excluding hydrogens is 270 g/mol. The molecule has 0 bridgehead atoms. The van der Waals surface area contributed by atoms with E-state index in [4.69, 9.17) is 4.74 Å². The summed E-state index contributed by atoms with van der Waals surface area (Å²) >= 11 is 0. The van der Waals surface area contributed by atoms with Crippen LogP contribution < -0.4 is 10.6 Å². The Balaban J connectivity index is 1.47. The minimum atomic E-state index is -0.115. The van der Waals surface area contributed by atoms with Crippen molar-refractivity contribution in [3.8, 4) is 0 Å². The lowest BCUT2D eigenvalue weighted by Gasteiger charge is -2.26. The van der Waals surface area contributed by atoms with Gasteiger partial charge in [0.05, 0.1) is 13.2 Å². The number of hydrogen-bond acceptors (Lipinski definition) is 6. The summed E-state index contributed by atoms with van der Waals surface area (Å²) in [5, 5.41) is 6.10. The lowest BCUT2D eigenvalue weighted by Crippen LogP contribution is -2.39. The number of nitrogens with one attached hydrogen (secondary N) is 2. The highest BCUT2D eigenvalue weighted by Crippen LogP contribution is 2.19. The number of hydrogen-bond donors (Lipinski definition) is 2. The summed E-state index contributed by atoms with van der Waals surface area (Å²) < 4.78 is 5.31. The van der Waals surface area contributed by atoms with Gasteiger partial charge in [-0.3, -0.25) is 9.69 Å². The number of aromatic nitrogens is 2. The molecule has 1 saturated carbocycles. The molecule has 1 aromatic rings. The van der Waals surface area contributed by atoms with Crippen molar-refractivity contribution in [2.45, 2.75) is 18.9 Å². The highest BCUT2D eigenvalue weighted by atomic mass is 16.5. The van der Waals surface area contributed by atoms with Crippen molar-refractivity contribution in [3.05, 3.63) is 18.0 Å². The maximum atomic E-state index is 11.9. The van der Waals surface area contributed by atoms with Crippen molar-refractivity contribution in [3.63, 3.8) is 0 Å². The van der Waals surface area contributed by atoms with Crippen LogP contribution in [0.1, 0.15) is 23.3 Å². The van der Waals surface area contributed by atoms with E-state index in [1.54, 1.807) is 12.3 Å². The van der Waals surface area contributed by atoms with E-state index >= 15 is 0 Å². The zero-order valence-corrected chi connectivity index (χ0v) is 12.0. The van der Waals surface area contributed by atoms with Crippen molar-refractivity contribution in [2.24, 2.45) is 0 Å². The minimum absolute atomic E-state index is 0.115. The predicted octanol–water partition coefficient (Wildman–Crippen LogP) is 0.113. The average molecular weight is 291 g/mol. The molecule has 1 aliphatic carbocycles. The molecule has 2 aliphatic rings. The van der Waals surface area contributed by atoms with Crippen molar-refractivity contribution >= 4 is 11.9 Å². The normalized spacial score (nSPS) is 19.2. The van der Waals surface area contributed by atoms with Crippen LogP contribution in [0.4, 0.5) is 5.95 Å². The largest absolute Gasteiger partial charge is 0.379 e. The minimum Gasteiger partial charge on any atom is -0.379 e. The van der Waals surface area contributed by atoms with Crippen LogP contribution in [-0.2, 0) is 4.74 Å². The van der Waals surface area contributed by atoms with E-state index in [1.165, 1.54) is 0 Å². The van der Waals surface area contributed by atoms with Crippen LogP contribution >= 0.6 is 0 Å². The van der Waals surface area contributed by atoms with Gasteiger partial charge in [0.15, 0.2) is 0 Å². The third-order valence-corrected chi connectivity index (χ3v) is 3.62. The number of amides is 1. The fourth-order valence-corrected chi connectivity index (χ4v) is 2.21. The summed E-state index contributed by atoms with van der Waals surface area (Å²) in [5.41, 5.74) is 0.422. The van der Waals surface area contributed by atoms with Crippen LogP contribution in [0.15, 0.2) is 12.3 Å². The van der Waals surface area contributed by atoms with Crippen LogP contribution in [0.3, 0.4) is 0 Å². The van der Waals surface area contributed by atoms with Gasteiger partial charge in [-0.2, -0.15) is 0 Å². The van der Waals surface area contributed by atoms with Gasteiger partial charge in [-0.1, -0.05) is 0 Å². The zero-order valence-electron chi connectivity index (χ0n) is 12.0. The smallest absolute Gasteiger partial charge is 0.270 e. The number of nitrogens with zero attached hydrogens (tertiary/aromatic N) is 3. The number of carbonyl (C=O) groups is 1. The summed E-state index contributed by atoms with van der Waals surface area (Å²) in [7, 11) is 0. The lowest BCUT2D eigenvalue weighted by molar-refractivity contribution is 0.0398. The van der Waals surface area contributed by atoms with E-state index < -0.39 is 0 Å². The first-order valence-corrected chi connectivity index (χ1v) is 7.49. The molecule has 7 nitrogen and oxygen atoms in total. The van der Waals surface area contributed by atoms with Crippen LogP contribution in [-0.4, -0.2) is 66.2 Å². The number of morpholine rings is 1. The second-order valence-electron chi connectivity index (χ2n) is 5.39. The Kier molecular flexibility index (Phi) is 4.62. The molecule has 2 N–H and O–H groups in total. The molecule has 2 fully saturated rings. The molecule has 1 saturated heterocycles. The fraction of sp³-hybridized carbons (Fsp3) is 0.643. The third kappa shape index (κ3) is 4.37. The molecule has 2 heterocycles. The zero-order chi connectivity index (χ0) is 14.5. The van der Waals surface area contributed by atoms with Gasteiger partial charge in [0, 0.05) is 38.4 Å². The molecule has 1 amide bonds. The number of anilines is 1. The Morgan fingerprint density at radius 1 is 1.38 bits per heavy atom. The molecule has 1 aliphatic heterocycles.